The van der Waals surface area contributed by atoms with Crippen LogP contribution in [0.1, 0.15) is 31.7 Å². The molecule has 1 aliphatic rings. The summed E-state index contributed by atoms with van der Waals surface area (Å²) in [6, 6.07) is 5.76. The number of nitro benzene ring substituents is 1. The second-order valence-corrected chi connectivity index (χ2v) is 8.41. The van der Waals surface area contributed by atoms with Crippen LogP contribution in [-0.2, 0) is 10.0 Å². The molecule has 0 aliphatic carbocycles. The van der Waals surface area contributed by atoms with E-state index < -0.39 is 14.9 Å². The summed E-state index contributed by atoms with van der Waals surface area (Å²) < 4.78 is 31.1. The SMILES string of the molecule is CC(c1nnc(-c2ccc([N+](=O)[O-])cc2)o1)N1CCC(NS(C)(=O)=O)CC1. The fourth-order valence-corrected chi connectivity index (χ4v) is 3.95. The summed E-state index contributed by atoms with van der Waals surface area (Å²) in [6.45, 7) is 3.38. The molecule has 0 amide bonds. The van der Waals surface area contributed by atoms with Crippen molar-refractivity contribution in [1.29, 1.82) is 0 Å². The van der Waals surface area contributed by atoms with Gasteiger partial charge in [-0.05, 0) is 31.9 Å². The number of hydrogen-bond acceptors (Lipinski definition) is 8. The Kier molecular flexibility index (Phi) is 5.53. The van der Waals surface area contributed by atoms with Gasteiger partial charge < -0.3 is 4.42 Å². The van der Waals surface area contributed by atoms with Gasteiger partial charge in [0.15, 0.2) is 0 Å². The van der Waals surface area contributed by atoms with Crippen LogP contribution in [0, 0.1) is 10.1 Å². The number of non-ortho nitro benzene ring substituents is 1. The van der Waals surface area contributed by atoms with Crippen LogP contribution >= 0.6 is 0 Å². The molecule has 1 atom stereocenters. The van der Waals surface area contributed by atoms with Gasteiger partial charge in [-0.3, -0.25) is 15.0 Å². The topological polar surface area (TPSA) is 131 Å². The van der Waals surface area contributed by atoms with Crippen molar-refractivity contribution in [1.82, 2.24) is 19.8 Å². The Morgan fingerprint density at radius 1 is 1.26 bits per heavy atom. The average molecular weight is 395 g/mol. The van der Waals surface area contributed by atoms with Gasteiger partial charge in [-0.2, -0.15) is 0 Å². The number of nitrogens with one attached hydrogen (secondary N) is 1. The highest BCUT2D eigenvalue weighted by Gasteiger charge is 2.28. The molecule has 1 aromatic heterocycles. The monoisotopic (exact) mass is 395 g/mol. The van der Waals surface area contributed by atoms with Crippen molar-refractivity contribution < 1.29 is 17.8 Å². The number of sulfonamides is 1. The first kappa shape index (κ1) is 19.4. The third kappa shape index (κ3) is 4.87. The maximum absolute atomic E-state index is 11.3. The van der Waals surface area contributed by atoms with Gasteiger partial charge in [0, 0.05) is 36.8 Å². The normalized spacial score (nSPS) is 17.7. The largest absolute Gasteiger partial charge is 0.419 e. The van der Waals surface area contributed by atoms with Gasteiger partial charge >= 0.3 is 0 Å². The molecular weight excluding hydrogens is 374 g/mol. The quantitative estimate of drug-likeness (QED) is 0.578. The van der Waals surface area contributed by atoms with Crippen molar-refractivity contribution in [3.05, 3.63) is 40.3 Å². The van der Waals surface area contributed by atoms with Crippen molar-refractivity contribution in [3.63, 3.8) is 0 Å². The predicted octanol–water partition coefficient (Wildman–Crippen LogP) is 1.72. The first-order valence-corrected chi connectivity index (χ1v) is 10.4. The van der Waals surface area contributed by atoms with Crippen molar-refractivity contribution in [2.75, 3.05) is 19.3 Å². The van der Waals surface area contributed by atoms with E-state index in [-0.39, 0.29) is 17.8 Å². The zero-order valence-corrected chi connectivity index (χ0v) is 15.8. The Hall–Kier alpha value is -2.37. The van der Waals surface area contributed by atoms with Gasteiger partial charge in [-0.25, -0.2) is 13.1 Å². The lowest BCUT2D eigenvalue weighted by Crippen LogP contribution is -2.45. The molecule has 2 aromatic rings. The van der Waals surface area contributed by atoms with Crippen LogP contribution in [0.3, 0.4) is 0 Å². The molecule has 1 aliphatic heterocycles. The Morgan fingerprint density at radius 3 is 2.44 bits per heavy atom. The zero-order chi connectivity index (χ0) is 19.6. The molecule has 1 aromatic carbocycles. The van der Waals surface area contributed by atoms with Crippen LogP contribution < -0.4 is 4.72 Å². The number of likely N-dealkylation sites (tertiary alicyclic amines) is 1. The number of nitrogens with zero attached hydrogens (tertiary/aromatic N) is 4. The maximum Gasteiger partial charge on any atom is 0.269 e. The van der Waals surface area contributed by atoms with Gasteiger partial charge in [0.2, 0.25) is 21.8 Å². The zero-order valence-electron chi connectivity index (χ0n) is 15.0. The smallest absolute Gasteiger partial charge is 0.269 e. The number of rotatable bonds is 6. The van der Waals surface area contributed by atoms with E-state index >= 15 is 0 Å². The molecule has 10 nitrogen and oxygen atoms in total. The van der Waals surface area contributed by atoms with E-state index in [0.717, 1.165) is 0 Å². The highest BCUT2D eigenvalue weighted by atomic mass is 32.2. The summed E-state index contributed by atoms with van der Waals surface area (Å²) in [5.41, 5.74) is 0.611. The van der Waals surface area contributed by atoms with Gasteiger partial charge in [-0.1, -0.05) is 0 Å². The van der Waals surface area contributed by atoms with E-state index in [2.05, 4.69) is 19.8 Å². The first-order valence-electron chi connectivity index (χ1n) is 8.52. The van der Waals surface area contributed by atoms with E-state index in [0.29, 0.717) is 43.3 Å². The minimum Gasteiger partial charge on any atom is -0.419 e. The third-order valence-corrected chi connectivity index (χ3v) is 5.34. The molecule has 0 spiro atoms. The molecule has 27 heavy (non-hydrogen) atoms. The fraction of sp³-hybridized carbons (Fsp3) is 0.500. The molecule has 146 valence electrons. The maximum atomic E-state index is 11.3. The lowest BCUT2D eigenvalue weighted by Gasteiger charge is -2.34. The molecule has 1 unspecified atom stereocenters. The molecule has 3 rings (SSSR count). The lowest BCUT2D eigenvalue weighted by molar-refractivity contribution is -0.384. The van der Waals surface area contributed by atoms with Gasteiger partial charge in [0.1, 0.15) is 0 Å². The lowest BCUT2D eigenvalue weighted by atomic mass is 10.0. The predicted molar refractivity (Wildman–Crippen MR) is 97.4 cm³/mol. The van der Waals surface area contributed by atoms with E-state index in [1.165, 1.54) is 18.4 Å². The number of benzene rings is 1. The van der Waals surface area contributed by atoms with Gasteiger partial charge in [0.05, 0.1) is 17.2 Å². The summed E-state index contributed by atoms with van der Waals surface area (Å²) in [7, 11) is -3.20. The standard InChI is InChI=1S/C16H21N5O5S/c1-11(20-9-7-13(8-10-20)19-27(2,24)25)15-17-18-16(26-15)12-3-5-14(6-4-12)21(22)23/h3-6,11,13,19H,7-10H2,1-2H3. The number of aromatic nitrogens is 2. The van der Waals surface area contributed by atoms with Crippen molar-refractivity contribution in [2.24, 2.45) is 0 Å². The second-order valence-electron chi connectivity index (χ2n) is 6.63. The number of nitro groups is 1. The Balaban J connectivity index is 1.63. The van der Waals surface area contributed by atoms with Crippen LogP contribution in [0.15, 0.2) is 28.7 Å². The highest BCUT2D eigenvalue weighted by Crippen LogP contribution is 2.27. The van der Waals surface area contributed by atoms with Crippen LogP contribution in [-0.4, -0.2) is 53.8 Å². The number of piperidine rings is 1. The number of hydrogen-bond donors (Lipinski definition) is 1. The minimum atomic E-state index is -3.20. The van der Waals surface area contributed by atoms with E-state index in [1.807, 2.05) is 6.92 Å². The molecule has 0 bridgehead atoms. The van der Waals surface area contributed by atoms with Gasteiger partial charge in [0.25, 0.3) is 5.69 Å². The van der Waals surface area contributed by atoms with Crippen molar-refractivity contribution >= 4 is 15.7 Å². The van der Waals surface area contributed by atoms with Crippen LogP contribution in [0.2, 0.25) is 0 Å². The Labute approximate surface area is 156 Å². The van der Waals surface area contributed by atoms with Gasteiger partial charge in [-0.15, -0.1) is 10.2 Å². The van der Waals surface area contributed by atoms with Crippen LogP contribution in [0.4, 0.5) is 5.69 Å². The molecule has 11 heteroatoms. The summed E-state index contributed by atoms with van der Waals surface area (Å²) in [5, 5.41) is 18.9. The highest BCUT2D eigenvalue weighted by molar-refractivity contribution is 7.88. The summed E-state index contributed by atoms with van der Waals surface area (Å²) in [5.74, 6) is 0.762. The molecule has 2 heterocycles. The summed E-state index contributed by atoms with van der Waals surface area (Å²) >= 11 is 0. The third-order valence-electron chi connectivity index (χ3n) is 4.58. The summed E-state index contributed by atoms with van der Waals surface area (Å²) in [4.78, 5) is 12.4. The minimum absolute atomic E-state index is 0.00238. The first-order chi connectivity index (χ1) is 12.7. The van der Waals surface area contributed by atoms with Crippen LogP contribution in [0.25, 0.3) is 11.5 Å². The molecular formula is C16H21N5O5S. The Bertz CT molecular complexity index is 904. The molecule has 1 saturated heterocycles. The fourth-order valence-electron chi connectivity index (χ4n) is 3.11. The van der Waals surface area contributed by atoms with Crippen molar-refractivity contribution in [3.8, 4) is 11.5 Å². The summed E-state index contributed by atoms with van der Waals surface area (Å²) in [6.07, 6.45) is 2.58. The van der Waals surface area contributed by atoms with Crippen molar-refractivity contribution in [2.45, 2.75) is 31.8 Å². The molecule has 1 N–H and O–H groups in total. The van der Waals surface area contributed by atoms with E-state index in [9.17, 15) is 18.5 Å². The molecule has 1 fully saturated rings. The van der Waals surface area contributed by atoms with Crippen LogP contribution in [0.5, 0.6) is 0 Å². The van der Waals surface area contributed by atoms with E-state index in [4.69, 9.17) is 4.42 Å². The molecule has 0 saturated carbocycles. The second kappa shape index (κ2) is 7.71. The average Bonchev–Trinajstić information content (AvgIpc) is 3.10. The Morgan fingerprint density at radius 2 is 1.89 bits per heavy atom. The van der Waals surface area contributed by atoms with E-state index in [1.54, 1.807) is 12.1 Å². The molecule has 0 radical (unpaired) electrons.